The van der Waals surface area contributed by atoms with E-state index < -0.39 is 0 Å². The zero-order valence-electron chi connectivity index (χ0n) is 10.0. The molecule has 6 heteroatoms. The third-order valence-corrected chi connectivity index (χ3v) is 3.24. The Morgan fingerprint density at radius 1 is 1.11 bits per heavy atom. The van der Waals surface area contributed by atoms with Crippen molar-refractivity contribution in [2.75, 3.05) is 33.5 Å². The molecule has 0 aliphatic heterocycles. The highest BCUT2D eigenvalue weighted by Gasteiger charge is 2.09. The van der Waals surface area contributed by atoms with E-state index in [1.807, 2.05) is 6.07 Å². The molecule has 1 rings (SSSR count). The molecule has 1 aromatic rings. The number of hydrogen-bond donors (Lipinski definition) is 0. The summed E-state index contributed by atoms with van der Waals surface area (Å²) in [4.78, 5) is 0. The number of methoxy groups -OCH3 is 1. The maximum Gasteiger partial charge on any atom is 0.142 e. The van der Waals surface area contributed by atoms with Gasteiger partial charge in [-0.1, -0.05) is 39.1 Å². The van der Waals surface area contributed by atoms with E-state index in [2.05, 4.69) is 15.9 Å². The van der Waals surface area contributed by atoms with E-state index >= 15 is 0 Å². The lowest BCUT2D eigenvalue weighted by atomic mass is 10.2. The van der Waals surface area contributed by atoms with E-state index in [-0.39, 0.29) is 0 Å². The van der Waals surface area contributed by atoms with Crippen LogP contribution in [0.1, 0.15) is 5.56 Å². The molecule has 0 saturated heterocycles. The number of ether oxygens (including phenoxy) is 3. The third kappa shape index (κ3) is 5.33. The molecule has 1 aromatic carbocycles. The number of halogens is 3. The molecule has 0 unspecified atom stereocenters. The van der Waals surface area contributed by atoms with Gasteiger partial charge in [-0.2, -0.15) is 0 Å². The number of benzene rings is 1. The summed E-state index contributed by atoms with van der Waals surface area (Å²) in [6.45, 7) is 2.06. The first-order valence-electron chi connectivity index (χ1n) is 5.42. The number of alkyl halides is 1. The highest BCUT2D eigenvalue weighted by Crippen LogP contribution is 2.33. The molecule has 0 fully saturated rings. The van der Waals surface area contributed by atoms with Crippen molar-refractivity contribution in [3.8, 4) is 5.75 Å². The second-order valence-electron chi connectivity index (χ2n) is 3.46. The fraction of sp³-hybridized carbons (Fsp3) is 0.500. The lowest BCUT2D eigenvalue weighted by molar-refractivity contribution is 0.0543. The first-order chi connectivity index (χ1) is 8.69. The van der Waals surface area contributed by atoms with Crippen LogP contribution in [0.4, 0.5) is 0 Å². The van der Waals surface area contributed by atoms with Crippen LogP contribution >= 0.6 is 39.1 Å². The van der Waals surface area contributed by atoms with Gasteiger partial charge in [-0.05, 0) is 12.1 Å². The van der Waals surface area contributed by atoms with E-state index in [1.54, 1.807) is 13.2 Å². The Morgan fingerprint density at radius 3 is 2.50 bits per heavy atom. The zero-order valence-corrected chi connectivity index (χ0v) is 13.1. The van der Waals surface area contributed by atoms with Crippen molar-refractivity contribution in [1.82, 2.24) is 0 Å². The van der Waals surface area contributed by atoms with Crippen molar-refractivity contribution >= 4 is 39.1 Å². The van der Waals surface area contributed by atoms with Crippen LogP contribution < -0.4 is 4.74 Å². The van der Waals surface area contributed by atoms with Crippen molar-refractivity contribution in [2.45, 2.75) is 5.33 Å². The zero-order chi connectivity index (χ0) is 13.4. The van der Waals surface area contributed by atoms with Crippen LogP contribution in [0.25, 0.3) is 0 Å². The van der Waals surface area contributed by atoms with Crippen LogP contribution in [0.15, 0.2) is 12.1 Å². The van der Waals surface area contributed by atoms with Gasteiger partial charge in [-0.25, -0.2) is 0 Å². The SMILES string of the molecule is COCCOCCOc1c(Cl)cc(Cl)cc1CBr. The van der Waals surface area contributed by atoms with E-state index in [9.17, 15) is 0 Å². The average Bonchev–Trinajstić information content (AvgIpc) is 2.35. The Balaban J connectivity index is 2.46. The monoisotopic (exact) mass is 356 g/mol. The summed E-state index contributed by atoms with van der Waals surface area (Å²) in [6, 6.07) is 3.49. The van der Waals surface area contributed by atoms with Crippen molar-refractivity contribution < 1.29 is 14.2 Å². The molecule has 0 N–H and O–H groups in total. The van der Waals surface area contributed by atoms with Crippen molar-refractivity contribution in [3.63, 3.8) is 0 Å². The predicted octanol–water partition coefficient (Wildman–Crippen LogP) is 3.93. The van der Waals surface area contributed by atoms with Gasteiger partial charge in [0.05, 0.1) is 24.8 Å². The minimum atomic E-state index is 0.436. The standard InChI is InChI=1S/C12H15BrCl2O3/c1-16-2-3-17-4-5-18-12-9(8-13)6-10(14)7-11(12)15/h6-7H,2-5,8H2,1H3. The third-order valence-electron chi connectivity index (χ3n) is 2.14. The summed E-state index contributed by atoms with van der Waals surface area (Å²) in [6.07, 6.45) is 0. The molecule has 102 valence electrons. The van der Waals surface area contributed by atoms with E-state index in [0.717, 1.165) is 5.56 Å². The second kappa shape index (κ2) is 8.99. The minimum Gasteiger partial charge on any atom is -0.489 e. The smallest absolute Gasteiger partial charge is 0.142 e. The van der Waals surface area contributed by atoms with Crippen LogP contribution in [0.5, 0.6) is 5.75 Å². The van der Waals surface area contributed by atoms with Crippen molar-refractivity contribution in [2.24, 2.45) is 0 Å². The largest absolute Gasteiger partial charge is 0.489 e. The average molecular weight is 358 g/mol. The van der Waals surface area contributed by atoms with E-state index in [4.69, 9.17) is 37.4 Å². The summed E-state index contributed by atoms with van der Waals surface area (Å²) >= 11 is 15.4. The van der Waals surface area contributed by atoms with Gasteiger partial charge in [0.2, 0.25) is 0 Å². The molecule has 3 nitrogen and oxygen atoms in total. The Bertz CT molecular complexity index is 375. The minimum absolute atomic E-state index is 0.436. The summed E-state index contributed by atoms with van der Waals surface area (Å²) in [5.41, 5.74) is 0.921. The summed E-state index contributed by atoms with van der Waals surface area (Å²) in [7, 11) is 1.63. The van der Waals surface area contributed by atoms with Crippen LogP contribution in [-0.4, -0.2) is 33.5 Å². The van der Waals surface area contributed by atoms with Crippen LogP contribution in [-0.2, 0) is 14.8 Å². The highest BCUT2D eigenvalue weighted by atomic mass is 79.9. The Labute approximate surface area is 125 Å². The van der Waals surface area contributed by atoms with Gasteiger partial charge in [0.25, 0.3) is 0 Å². The molecule has 0 aromatic heterocycles. The Kier molecular flexibility index (Phi) is 8.02. The van der Waals surface area contributed by atoms with Gasteiger partial charge in [-0.15, -0.1) is 0 Å². The van der Waals surface area contributed by atoms with Gasteiger partial charge < -0.3 is 14.2 Å². The first-order valence-corrected chi connectivity index (χ1v) is 7.30. The quantitative estimate of drug-likeness (QED) is 0.521. The Morgan fingerprint density at radius 2 is 1.83 bits per heavy atom. The fourth-order valence-corrected chi connectivity index (χ4v) is 2.33. The molecule has 0 aliphatic rings. The molecular weight excluding hydrogens is 343 g/mol. The highest BCUT2D eigenvalue weighted by molar-refractivity contribution is 9.08. The lowest BCUT2D eigenvalue weighted by Gasteiger charge is -2.12. The molecule has 0 heterocycles. The first kappa shape index (κ1) is 16.1. The van der Waals surface area contributed by atoms with Gasteiger partial charge in [-0.3, -0.25) is 0 Å². The van der Waals surface area contributed by atoms with Crippen LogP contribution in [0, 0.1) is 0 Å². The van der Waals surface area contributed by atoms with Gasteiger partial charge >= 0.3 is 0 Å². The fourth-order valence-electron chi connectivity index (χ4n) is 1.32. The molecule has 18 heavy (non-hydrogen) atoms. The second-order valence-corrected chi connectivity index (χ2v) is 4.87. The van der Waals surface area contributed by atoms with E-state index in [0.29, 0.717) is 47.6 Å². The normalized spacial score (nSPS) is 10.7. The summed E-state index contributed by atoms with van der Waals surface area (Å²) in [5, 5.41) is 1.74. The molecule has 0 atom stereocenters. The molecule has 0 spiro atoms. The molecule has 0 bridgehead atoms. The molecule has 0 amide bonds. The molecule has 0 radical (unpaired) electrons. The summed E-state index contributed by atoms with van der Waals surface area (Å²) < 4.78 is 15.8. The van der Waals surface area contributed by atoms with Crippen molar-refractivity contribution in [1.29, 1.82) is 0 Å². The van der Waals surface area contributed by atoms with Crippen LogP contribution in [0.3, 0.4) is 0 Å². The van der Waals surface area contributed by atoms with Crippen LogP contribution in [0.2, 0.25) is 10.0 Å². The van der Waals surface area contributed by atoms with Gasteiger partial charge in [0, 0.05) is 23.0 Å². The number of rotatable bonds is 8. The van der Waals surface area contributed by atoms with Gasteiger partial charge in [0.15, 0.2) is 0 Å². The lowest BCUT2D eigenvalue weighted by Crippen LogP contribution is -2.10. The van der Waals surface area contributed by atoms with E-state index in [1.165, 1.54) is 0 Å². The number of hydrogen-bond acceptors (Lipinski definition) is 3. The Hall–Kier alpha value is -0.0000000000000000555. The topological polar surface area (TPSA) is 27.7 Å². The molecular formula is C12H15BrCl2O3. The maximum atomic E-state index is 6.08. The summed E-state index contributed by atoms with van der Waals surface area (Å²) in [5.74, 6) is 0.647. The molecule has 0 aliphatic carbocycles. The maximum absolute atomic E-state index is 6.08. The van der Waals surface area contributed by atoms with Crippen molar-refractivity contribution in [3.05, 3.63) is 27.7 Å². The molecule has 0 saturated carbocycles. The van der Waals surface area contributed by atoms with Gasteiger partial charge in [0.1, 0.15) is 12.4 Å². The predicted molar refractivity (Wildman–Crippen MR) is 77.3 cm³/mol.